The molecule has 0 spiro atoms. The van der Waals surface area contributed by atoms with Crippen molar-refractivity contribution >= 4 is 33.7 Å². The number of hydrogen-bond acceptors (Lipinski definition) is 6. The van der Waals surface area contributed by atoms with Crippen molar-refractivity contribution in [3.8, 4) is 0 Å². The largest absolute Gasteiger partial charge is 0.301 e. The van der Waals surface area contributed by atoms with Gasteiger partial charge in [0.1, 0.15) is 0 Å². The van der Waals surface area contributed by atoms with Crippen molar-refractivity contribution in [2.24, 2.45) is 0 Å². The highest BCUT2D eigenvalue weighted by Crippen LogP contribution is 2.16. The van der Waals surface area contributed by atoms with Crippen molar-refractivity contribution < 1.29 is 4.79 Å². The molecule has 0 fully saturated rings. The summed E-state index contributed by atoms with van der Waals surface area (Å²) in [7, 11) is 0. The first kappa shape index (κ1) is 14.1. The van der Waals surface area contributed by atoms with Crippen molar-refractivity contribution in [3.05, 3.63) is 27.7 Å². The second-order valence-electron chi connectivity index (χ2n) is 4.01. The van der Waals surface area contributed by atoms with Crippen LogP contribution in [-0.4, -0.2) is 22.4 Å². The van der Waals surface area contributed by atoms with Crippen LogP contribution in [0.25, 0.3) is 0 Å². The van der Waals surface area contributed by atoms with E-state index in [9.17, 15) is 4.79 Å². The second kappa shape index (κ2) is 6.74. The number of amides is 1. The van der Waals surface area contributed by atoms with E-state index in [1.165, 1.54) is 11.3 Å². The van der Waals surface area contributed by atoms with Crippen LogP contribution in [0.2, 0.25) is 0 Å². The van der Waals surface area contributed by atoms with Gasteiger partial charge in [-0.05, 0) is 13.3 Å². The summed E-state index contributed by atoms with van der Waals surface area (Å²) in [5.41, 5.74) is 0.990. The van der Waals surface area contributed by atoms with E-state index >= 15 is 0 Å². The van der Waals surface area contributed by atoms with Crippen LogP contribution in [0.15, 0.2) is 17.0 Å². The Bertz CT molecular complexity index is 524. The molecule has 2 N–H and O–H groups in total. The van der Waals surface area contributed by atoms with Gasteiger partial charge in [0.2, 0.25) is 5.91 Å². The molecule has 2 heterocycles. The highest BCUT2D eigenvalue weighted by molar-refractivity contribution is 7.13. The number of aryl methyl sites for hydroxylation is 1. The lowest BCUT2D eigenvalue weighted by Gasteiger charge is -2.10. The Morgan fingerprint density at radius 2 is 2.32 bits per heavy atom. The van der Waals surface area contributed by atoms with Crippen LogP contribution in [0.3, 0.4) is 0 Å². The maximum atomic E-state index is 11.7. The Hall–Kier alpha value is -1.31. The second-order valence-corrected chi connectivity index (χ2v) is 5.84. The van der Waals surface area contributed by atoms with Gasteiger partial charge < -0.3 is 10.6 Å². The third kappa shape index (κ3) is 4.09. The summed E-state index contributed by atoms with van der Waals surface area (Å²) < 4.78 is 0. The maximum absolute atomic E-state index is 11.7. The predicted octanol–water partition coefficient (Wildman–Crippen LogP) is 2.45. The van der Waals surface area contributed by atoms with Gasteiger partial charge in [-0.3, -0.25) is 4.79 Å². The first-order valence-electron chi connectivity index (χ1n) is 6.06. The van der Waals surface area contributed by atoms with E-state index in [2.05, 4.69) is 27.5 Å². The first-order chi connectivity index (χ1) is 9.19. The fourth-order valence-electron chi connectivity index (χ4n) is 1.49. The minimum atomic E-state index is -0.0901. The van der Waals surface area contributed by atoms with E-state index in [1.807, 2.05) is 17.7 Å². The summed E-state index contributed by atoms with van der Waals surface area (Å²) in [5.74, 6) is -0.0901. The zero-order valence-corrected chi connectivity index (χ0v) is 12.5. The molecule has 0 bridgehead atoms. The van der Waals surface area contributed by atoms with Crippen molar-refractivity contribution in [2.45, 2.75) is 26.3 Å². The molecule has 1 atom stereocenters. The smallest absolute Gasteiger partial charge is 0.240 e. The molecule has 2 aromatic rings. The molecule has 0 aromatic carbocycles. The Morgan fingerprint density at radius 3 is 2.95 bits per heavy atom. The van der Waals surface area contributed by atoms with Gasteiger partial charge in [-0.2, -0.15) is 0 Å². The Morgan fingerprint density at radius 1 is 1.47 bits per heavy atom. The molecule has 1 amide bonds. The molecule has 0 saturated carbocycles. The predicted molar refractivity (Wildman–Crippen MR) is 78.7 cm³/mol. The molecule has 0 saturated heterocycles. The molecule has 19 heavy (non-hydrogen) atoms. The van der Waals surface area contributed by atoms with Crippen LogP contribution < -0.4 is 10.6 Å². The van der Waals surface area contributed by atoms with Crippen molar-refractivity contribution in [1.82, 2.24) is 15.3 Å². The van der Waals surface area contributed by atoms with E-state index in [4.69, 9.17) is 0 Å². The molecule has 5 nitrogen and oxygen atoms in total. The summed E-state index contributed by atoms with van der Waals surface area (Å²) >= 11 is 3.06. The maximum Gasteiger partial charge on any atom is 0.240 e. The van der Waals surface area contributed by atoms with Crippen LogP contribution in [0.5, 0.6) is 0 Å². The van der Waals surface area contributed by atoms with Gasteiger partial charge >= 0.3 is 0 Å². The zero-order valence-electron chi connectivity index (χ0n) is 10.8. The van der Waals surface area contributed by atoms with E-state index in [-0.39, 0.29) is 18.5 Å². The monoisotopic (exact) mass is 296 g/mol. The van der Waals surface area contributed by atoms with Gasteiger partial charge in [0, 0.05) is 23.0 Å². The average molecular weight is 296 g/mol. The summed E-state index contributed by atoms with van der Waals surface area (Å²) in [6.07, 6.45) is 2.61. The molecule has 102 valence electrons. The zero-order chi connectivity index (χ0) is 13.7. The Balaban J connectivity index is 1.79. The number of carbonyl (C=O) groups is 1. The molecule has 7 heteroatoms. The number of hydrogen-bond donors (Lipinski definition) is 2. The summed E-state index contributed by atoms with van der Waals surface area (Å²) in [6, 6.07) is 0.0681. The lowest BCUT2D eigenvalue weighted by atomic mass is 10.2. The summed E-state index contributed by atoms with van der Waals surface area (Å²) in [6.45, 7) is 4.34. The topological polar surface area (TPSA) is 66.9 Å². The quantitative estimate of drug-likeness (QED) is 0.859. The third-order valence-electron chi connectivity index (χ3n) is 2.56. The highest BCUT2D eigenvalue weighted by atomic mass is 32.1. The lowest BCUT2D eigenvalue weighted by Crippen LogP contribution is -2.30. The number of thiazole rings is 2. The van der Waals surface area contributed by atoms with Crippen LogP contribution >= 0.6 is 22.7 Å². The number of carbonyl (C=O) groups excluding carboxylic acids is 1. The minimum absolute atomic E-state index is 0.0681. The SMILES string of the molecule is CCc1nc(C(C)NCC(=O)Nc2nccs2)cs1. The minimum Gasteiger partial charge on any atom is -0.301 e. The number of aromatic nitrogens is 2. The molecule has 2 rings (SSSR count). The van der Waals surface area contributed by atoms with E-state index < -0.39 is 0 Å². The van der Waals surface area contributed by atoms with Crippen LogP contribution in [0.1, 0.15) is 30.6 Å². The summed E-state index contributed by atoms with van der Waals surface area (Å²) in [4.78, 5) is 20.2. The number of nitrogens with one attached hydrogen (secondary N) is 2. The van der Waals surface area contributed by atoms with Crippen LogP contribution in [0.4, 0.5) is 5.13 Å². The van der Waals surface area contributed by atoms with Gasteiger partial charge in [0.15, 0.2) is 5.13 Å². The fourth-order valence-corrected chi connectivity index (χ4v) is 2.87. The van der Waals surface area contributed by atoms with E-state index in [1.54, 1.807) is 17.5 Å². The molecule has 1 unspecified atom stereocenters. The van der Waals surface area contributed by atoms with Gasteiger partial charge in [-0.1, -0.05) is 6.92 Å². The van der Waals surface area contributed by atoms with Crippen molar-refractivity contribution in [2.75, 3.05) is 11.9 Å². The van der Waals surface area contributed by atoms with Crippen LogP contribution in [-0.2, 0) is 11.2 Å². The van der Waals surface area contributed by atoms with Gasteiger partial charge in [0.05, 0.1) is 17.2 Å². The van der Waals surface area contributed by atoms with Crippen molar-refractivity contribution in [3.63, 3.8) is 0 Å². The standard InChI is InChI=1S/C12H16N4OS2/c1-3-11-15-9(7-19-11)8(2)14-6-10(17)16-12-13-4-5-18-12/h4-5,7-8,14H,3,6H2,1-2H3,(H,13,16,17). The Labute approximate surface area is 120 Å². The van der Waals surface area contributed by atoms with Crippen molar-refractivity contribution in [1.29, 1.82) is 0 Å². The van der Waals surface area contributed by atoms with E-state index in [0.29, 0.717) is 5.13 Å². The molecular weight excluding hydrogens is 280 g/mol. The number of rotatable bonds is 6. The normalized spacial score (nSPS) is 12.3. The molecule has 2 aromatic heterocycles. The molecule has 0 aliphatic rings. The average Bonchev–Trinajstić information content (AvgIpc) is 3.06. The molecule has 0 radical (unpaired) electrons. The van der Waals surface area contributed by atoms with Gasteiger partial charge in [-0.15, -0.1) is 22.7 Å². The Kier molecular flexibility index (Phi) is 5.00. The number of nitrogens with zero attached hydrogens (tertiary/aromatic N) is 2. The first-order valence-corrected chi connectivity index (χ1v) is 7.82. The lowest BCUT2D eigenvalue weighted by molar-refractivity contribution is -0.115. The fraction of sp³-hybridized carbons (Fsp3) is 0.417. The number of anilines is 1. The third-order valence-corrected chi connectivity index (χ3v) is 4.26. The summed E-state index contributed by atoms with van der Waals surface area (Å²) in [5, 5.41) is 11.5. The molecular formula is C12H16N4OS2. The molecule has 0 aliphatic heterocycles. The van der Waals surface area contributed by atoms with E-state index in [0.717, 1.165) is 17.1 Å². The van der Waals surface area contributed by atoms with Gasteiger partial charge in [0.25, 0.3) is 0 Å². The molecule has 0 aliphatic carbocycles. The highest BCUT2D eigenvalue weighted by Gasteiger charge is 2.11. The van der Waals surface area contributed by atoms with Gasteiger partial charge in [-0.25, -0.2) is 9.97 Å². The van der Waals surface area contributed by atoms with Crippen LogP contribution in [0, 0.1) is 0 Å².